The van der Waals surface area contributed by atoms with Crippen molar-refractivity contribution >= 4 is 5.91 Å². The van der Waals surface area contributed by atoms with E-state index in [0.29, 0.717) is 0 Å². The molecule has 0 aliphatic carbocycles. The van der Waals surface area contributed by atoms with E-state index in [0.717, 1.165) is 56.4 Å². The highest BCUT2D eigenvalue weighted by Crippen LogP contribution is 2.31. The lowest BCUT2D eigenvalue weighted by Crippen LogP contribution is -2.41. The molecular formula is C15H23NO2. The maximum absolute atomic E-state index is 12.1. The fourth-order valence-corrected chi connectivity index (χ4v) is 2.64. The van der Waals surface area contributed by atoms with E-state index in [4.69, 9.17) is 4.74 Å². The second-order valence-corrected chi connectivity index (χ2v) is 5.08. The fraction of sp³-hybridized carbons (Fsp3) is 0.667. The van der Waals surface area contributed by atoms with Gasteiger partial charge in [0.25, 0.3) is 5.91 Å². The molecule has 0 radical (unpaired) electrons. The molecule has 0 aromatic carbocycles. The third-order valence-electron chi connectivity index (χ3n) is 3.74. The van der Waals surface area contributed by atoms with Gasteiger partial charge in [-0.05, 0) is 39.5 Å². The average Bonchev–Trinajstić information content (AvgIpc) is 2.83. The van der Waals surface area contributed by atoms with Crippen LogP contribution in [0.5, 0.6) is 0 Å². The number of carbonyl (C=O) groups excluding carboxylic acids is 1. The summed E-state index contributed by atoms with van der Waals surface area (Å²) in [5.41, 5.74) is 0.819. The Labute approximate surface area is 109 Å². The minimum absolute atomic E-state index is 0.0201. The molecule has 0 aromatic heterocycles. The van der Waals surface area contributed by atoms with Gasteiger partial charge in [-0.3, -0.25) is 4.79 Å². The number of carbonyl (C=O) groups is 1. The predicted molar refractivity (Wildman–Crippen MR) is 71.8 cm³/mol. The molecule has 0 aromatic rings. The Hall–Kier alpha value is -1.25. The molecule has 3 nitrogen and oxygen atoms in total. The lowest BCUT2D eigenvalue weighted by molar-refractivity contribution is -0.139. The van der Waals surface area contributed by atoms with Crippen LogP contribution in [0.2, 0.25) is 0 Å². The summed E-state index contributed by atoms with van der Waals surface area (Å²) in [6.07, 6.45) is 10.6. The van der Waals surface area contributed by atoms with E-state index in [2.05, 4.69) is 12.2 Å². The SMILES string of the molecule is C/C=C/CCCCC1=C(C)C(=O)N2CCC[C@@H]2O1. The first-order valence-electron chi connectivity index (χ1n) is 7.02. The summed E-state index contributed by atoms with van der Waals surface area (Å²) in [5, 5.41) is 0. The van der Waals surface area contributed by atoms with Gasteiger partial charge in [0.1, 0.15) is 5.76 Å². The van der Waals surface area contributed by atoms with E-state index in [1.807, 2.05) is 18.7 Å². The van der Waals surface area contributed by atoms with Gasteiger partial charge < -0.3 is 9.64 Å². The second kappa shape index (κ2) is 6.07. The number of fused-ring (bicyclic) bond motifs is 1. The molecule has 0 unspecified atom stereocenters. The van der Waals surface area contributed by atoms with Crippen LogP contribution in [0.25, 0.3) is 0 Å². The average molecular weight is 249 g/mol. The van der Waals surface area contributed by atoms with Gasteiger partial charge in [-0.25, -0.2) is 0 Å². The minimum Gasteiger partial charge on any atom is -0.474 e. The summed E-state index contributed by atoms with van der Waals surface area (Å²) >= 11 is 0. The number of amides is 1. The number of allylic oxidation sites excluding steroid dienone is 3. The van der Waals surface area contributed by atoms with E-state index in [1.165, 1.54) is 0 Å². The molecule has 1 atom stereocenters. The molecule has 2 aliphatic heterocycles. The molecule has 2 rings (SSSR count). The van der Waals surface area contributed by atoms with Gasteiger partial charge in [0.15, 0.2) is 6.23 Å². The second-order valence-electron chi connectivity index (χ2n) is 5.08. The Bertz CT molecular complexity index is 371. The highest BCUT2D eigenvalue weighted by Gasteiger charge is 2.36. The number of ether oxygens (including phenoxy) is 1. The molecule has 1 saturated heterocycles. The Morgan fingerprint density at radius 2 is 2.28 bits per heavy atom. The van der Waals surface area contributed by atoms with Gasteiger partial charge >= 0.3 is 0 Å². The van der Waals surface area contributed by atoms with Crippen molar-refractivity contribution in [3.05, 3.63) is 23.5 Å². The molecule has 1 fully saturated rings. The van der Waals surface area contributed by atoms with E-state index >= 15 is 0 Å². The van der Waals surface area contributed by atoms with Crippen LogP contribution in [-0.2, 0) is 9.53 Å². The molecule has 1 amide bonds. The third kappa shape index (κ3) is 2.77. The van der Waals surface area contributed by atoms with Crippen molar-refractivity contribution in [2.45, 2.75) is 58.6 Å². The summed E-state index contributed by atoms with van der Waals surface area (Å²) in [4.78, 5) is 14.0. The fourth-order valence-electron chi connectivity index (χ4n) is 2.64. The summed E-state index contributed by atoms with van der Waals surface area (Å²) in [7, 11) is 0. The van der Waals surface area contributed by atoms with Gasteiger partial charge in [-0.15, -0.1) is 0 Å². The zero-order valence-corrected chi connectivity index (χ0v) is 11.4. The van der Waals surface area contributed by atoms with Crippen molar-refractivity contribution in [2.75, 3.05) is 6.54 Å². The van der Waals surface area contributed by atoms with Crippen molar-refractivity contribution in [3.63, 3.8) is 0 Å². The first kappa shape index (κ1) is 13.2. The normalized spacial score (nSPS) is 23.8. The van der Waals surface area contributed by atoms with Crippen molar-refractivity contribution in [1.29, 1.82) is 0 Å². The zero-order chi connectivity index (χ0) is 13.0. The predicted octanol–water partition coefficient (Wildman–Crippen LogP) is 3.38. The first-order valence-corrected chi connectivity index (χ1v) is 7.02. The van der Waals surface area contributed by atoms with E-state index in [9.17, 15) is 4.79 Å². The number of nitrogens with zero attached hydrogens (tertiary/aromatic N) is 1. The smallest absolute Gasteiger partial charge is 0.255 e. The molecule has 0 saturated carbocycles. The number of hydrogen-bond acceptors (Lipinski definition) is 2. The van der Waals surface area contributed by atoms with Crippen molar-refractivity contribution in [1.82, 2.24) is 4.90 Å². The van der Waals surface area contributed by atoms with Crippen LogP contribution < -0.4 is 0 Å². The Kier molecular flexibility index (Phi) is 4.45. The molecule has 0 bridgehead atoms. The Balaban J connectivity index is 1.89. The minimum atomic E-state index is 0.0201. The van der Waals surface area contributed by atoms with Crippen LogP contribution in [0.4, 0.5) is 0 Å². The Morgan fingerprint density at radius 1 is 1.44 bits per heavy atom. The maximum atomic E-state index is 12.1. The summed E-state index contributed by atoms with van der Waals surface area (Å²) in [6.45, 7) is 4.80. The summed E-state index contributed by atoms with van der Waals surface area (Å²) in [6, 6.07) is 0. The van der Waals surface area contributed by atoms with Crippen molar-refractivity contribution in [2.24, 2.45) is 0 Å². The van der Waals surface area contributed by atoms with Crippen LogP contribution in [0, 0.1) is 0 Å². The molecule has 0 N–H and O–H groups in total. The number of rotatable bonds is 5. The van der Waals surface area contributed by atoms with Gasteiger partial charge in [-0.1, -0.05) is 12.2 Å². The monoisotopic (exact) mass is 249 g/mol. The number of hydrogen-bond donors (Lipinski definition) is 0. The van der Waals surface area contributed by atoms with Crippen molar-refractivity contribution in [3.8, 4) is 0 Å². The van der Waals surface area contributed by atoms with Crippen LogP contribution >= 0.6 is 0 Å². The molecule has 0 spiro atoms. The highest BCUT2D eigenvalue weighted by atomic mass is 16.5. The lowest BCUT2D eigenvalue weighted by atomic mass is 10.1. The van der Waals surface area contributed by atoms with Gasteiger partial charge in [0, 0.05) is 19.4 Å². The van der Waals surface area contributed by atoms with Crippen LogP contribution in [-0.4, -0.2) is 23.6 Å². The largest absolute Gasteiger partial charge is 0.474 e. The van der Waals surface area contributed by atoms with Gasteiger partial charge in [0.2, 0.25) is 0 Å². The van der Waals surface area contributed by atoms with E-state index in [1.54, 1.807) is 0 Å². The van der Waals surface area contributed by atoms with Gasteiger partial charge in [-0.2, -0.15) is 0 Å². The molecule has 3 heteroatoms. The summed E-state index contributed by atoms with van der Waals surface area (Å²) in [5.74, 6) is 1.12. The number of unbranched alkanes of at least 4 members (excludes halogenated alkanes) is 2. The topological polar surface area (TPSA) is 29.5 Å². The van der Waals surface area contributed by atoms with Crippen LogP contribution in [0.15, 0.2) is 23.5 Å². The first-order chi connectivity index (χ1) is 8.74. The van der Waals surface area contributed by atoms with E-state index < -0.39 is 0 Å². The quantitative estimate of drug-likeness (QED) is 0.552. The van der Waals surface area contributed by atoms with Crippen molar-refractivity contribution < 1.29 is 9.53 Å². The van der Waals surface area contributed by atoms with E-state index in [-0.39, 0.29) is 12.1 Å². The molecule has 2 heterocycles. The van der Waals surface area contributed by atoms with Gasteiger partial charge in [0.05, 0.1) is 5.57 Å². The third-order valence-corrected chi connectivity index (χ3v) is 3.74. The zero-order valence-electron chi connectivity index (χ0n) is 11.4. The highest BCUT2D eigenvalue weighted by molar-refractivity contribution is 5.94. The standard InChI is InChI=1S/C15H23NO2/c1-3-4-5-6-7-9-13-12(2)15(17)16-11-8-10-14(16)18-13/h3-4,14H,5-11H2,1-2H3/b4-3+/t14-/m0/s1. The van der Waals surface area contributed by atoms with Crippen LogP contribution in [0.3, 0.4) is 0 Å². The summed E-state index contributed by atoms with van der Waals surface area (Å²) < 4.78 is 5.97. The Morgan fingerprint density at radius 3 is 3.06 bits per heavy atom. The molecular weight excluding hydrogens is 226 g/mol. The maximum Gasteiger partial charge on any atom is 0.255 e. The molecule has 100 valence electrons. The van der Waals surface area contributed by atoms with Crippen LogP contribution in [0.1, 0.15) is 52.4 Å². The lowest BCUT2D eigenvalue weighted by Gasteiger charge is -2.32. The molecule has 2 aliphatic rings. The molecule has 18 heavy (non-hydrogen) atoms.